The first-order chi connectivity index (χ1) is 11.0. The molecule has 1 aromatic heterocycles. The highest BCUT2D eigenvalue weighted by atomic mass is 16.5. The Balaban J connectivity index is 1.48. The minimum atomic E-state index is -0.383. The highest BCUT2D eigenvalue weighted by Gasteiger charge is 2.58. The highest BCUT2D eigenvalue weighted by Crippen LogP contribution is 2.62. The van der Waals surface area contributed by atoms with E-state index >= 15 is 0 Å². The predicted octanol–water partition coefficient (Wildman–Crippen LogP) is 2.90. The summed E-state index contributed by atoms with van der Waals surface area (Å²) in [4.78, 5) is 4.28. The maximum absolute atomic E-state index is 10.9. The summed E-state index contributed by atoms with van der Waals surface area (Å²) in [6.07, 6.45) is 8.72. The van der Waals surface area contributed by atoms with Crippen LogP contribution in [0.25, 0.3) is 0 Å². The quantitative estimate of drug-likeness (QED) is 0.877. The van der Waals surface area contributed by atoms with E-state index in [9.17, 15) is 5.11 Å². The molecule has 4 nitrogen and oxygen atoms in total. The molecule has 1 heterocycles. The van der Waals surface area contributed by atoms with Gasteiger partial charge in [0.1, 0.15) is 0 Å². The van der Waals surface area contributed by atoms with Gasteiger partial charge in [0.2, 0.25) is 5.88 Å². The number of nitrogens with one attached hydrogen (secondary N) is 1. The Morgan fingerprint density at radius 2 is 2.09 bits per heavy atom. The summed E-state index contributed by atoms with van der Waals surface area (Å²) in [5.74, 6) is 2.17. The number of rotatable bonds is 5. The van der Waals surface area contributed by atoms with Crippen molar-refractivity contribution in [1.29, 1.82) is 0 Å². The van der Waals surface area contributed by atoms with E-state index in [1.807, 2.05) is 6.07 Å². The SMILES string of the molecule is COc1ncccc1CNC(C)C12CC3CC(CC(O)(C3)C1)C2. The van der Waals surface area contributed by atoms with Gasteiger partial charge in [0.15, 0.2) is 0 Å². The summed E-state index contributed by atoms with van der Waals surface area (Å²) in [5.41, 5.74) is 0.991. The molecule has 4 saturated carbocycles. The van der Waals surface area contributed by atoms with Crippen LogP contribution in [0, 0.1) is 17.3 Å². The molecule has 23 heavy (non-hydrogen) atoms. The molecule has 4 bridgehead atoms. The van der Waals surface area contributed by atoms with Crippen molar-refractivity contribution < 1.29 is 9.84 Å². The van der Waals surface area contributed by atoms with Crippen molar-refractivity contribution in [2.75, 3.05) is 7.11 Å². The zero-order chi connectivity index (χ0) is 16.1. The van der Waals surface area contributed by atoms with Gasteiger partial charge in [0.05, 0.1) is 12.7 Å². The van der Waals surface area contributed by atoms with E-state index in [4.69, 9.17) is 4.74 Å². The topological polar surface area (TPSA) is 54.4 Å². The Kier molecular flexibility index (Phi) is 3.65. The van der Waals surface area contributed by atoms with Gasteiger partial charge in [0, 0.05) is 24.3 Å². The predicted molar refractivity (Wildman–Crippen MR) is 89.2 cm³/mol. The monoisotopic (exact) mass is 316 g/mol. The number of nitrogens with zero attached hydrogens (tertiary/aromatic N) is 1. The molecule has 4 aliphatic carbocycles. The largest absolute Gasteiger partial charge is 0.481 e. The lowest BCUT2D eigenvalue weighted by atomic mass is 9.46. The Labute approximate surface area is 138 Å². The maximum Gasteiger partial charge on any atom is 0.217 e. The third-order valence-electron chi connectivity index (χ3n) is 6.64. The zero-order valence-corrected chi connectivity index (χ0v) is 14.2. The van der Waals surface area contributed by atoms with Crippen molar-refractivity contribution in [3.8, 4) is 5.88 Å². The molecule has 2 N–H and O–H groups in total. The zero-order valence-electron chi connectivity index (χ0n) is 14.2. The number of aliphatic hydroxyl groups is 1. The van der Waals surface area contributed by atoms with E-state index in [1.54, 1.807) is 13.3 Å². The van der Waals surface area contributed by atoms with E-state index in [-0.39, 0.29) is 11.0 Å². The molecule has 0 amide bonds. The summed E-state index contributed by atoms with van der Waals surface area (Å²) in [6, 6.07) is 4.43. The summed E-state index contributed by atoms with van der Waals surface area (Å²) < 4.78 is 5.35. The molecule has 0 aliphatic heterocycles. The molecule has 3 atom stereocenters. The smallest absolute Gasteiger partial charge is 0.217 e. The molecule has 5 rings (SSSR count). The molecule has 126 valence electrons. The van der Waals surface area contributed by atoms with Gasteiger partial charge in [-0.1, -0.05) is 6.07 Å². The molecular weight excluding hydrogens is 288 g/mol. The molecule has 4 aliphatic rings. The van der Waals surface area contributed by atoms with Crippen LogP contribution in [0.4, 0.5) is 0 Å². The van der Waals surface area contributed by atoms with Gasteiger partial charge in [-0.3, -0.25) is 0 Å². The molecule has 0 radical (unpaired) electrons. The summed E-state index contributed by atoms with van der Waals surface area (Å²) in [7, 11) is 1.67. The Bertz CT molecular complexity index is 574. The third-order valence-corrected chi connectivity index (χ3v) is 6.64. The normalized spacial score (nSPS) is 39.4. The van der Waals surface area contributed by atoms with Gasteiger partial charge in [-0.2, -0.15) is 0 Å². The van der Waals surface area contributed by atoms with Crippen molar-refractivity contribution in [1.82, 2.24) is 10.3 Å². The average molecular weight is 316 g/mol. The van der Waals surface area contributed by atoms with Gasteiger partial charge < -0.3 is 15.2 Å². The van der Waals surface area contributed by atoms with E-state index in [0.717, 1.165) is 43.2 Å². The molecule has 0 saturated heterocycles. The second kappa shape index (κ2) is 5.45. The number of aromatic nitrogens is 1. The van der Waals surface area contributed by atoms with E-state index in [1.165, 1.54) is 19.3 Å². The van der Waals surface area contributed by atoms with Gasteiger partial charge in [-0.25, -0.2) is 4.98 Å². The number of pyridine rings is 1. The fourth-order valence-corrected chi connectivity index (χ4v) is 6.01. The lowest BCUT2D eigenvalue weighted by molar-refractivity contribution is -0.172. The van der Waals surface area contributed by atoms with Crippen molar-refractivity contribution >= 4 is 0 Å². The number of ether oxygens (including phenoxy) is 1. The molecular formula is C19H28N2O2. The molecule has 1 aromatic rings. The minimum Gasteiger partial charge on any atom is -0.481 e. The van der Waals surface area contributed by atoms with Crippen molar-refractivity contribution in [3.63, 3.8) is 0 Å². The first-order valence-corrected chi connectivity index (χ1v) is 8.96. The summed E-state index contributed by atoms with van der Waals surface area (Å²) in [5, 5.41) is 14.6. The van der Waals surface area contributed by atoms with Crippen LogP contribution < -0.4 is 10.1 Å². The minimum absolute atomic E-state index is 0.272. The second-order valence-corrected chi connectivity index (χ2v) is 8.32. The van der Waals surface area contributed by atoms with Crippen LogP contribution in [-0.2, 0) is 6.54 Å². The fraction of sp³-hybridized carbons (Fsp3) is 0.737. The lowest BCUT2D eigenvalue weighted by Gasteiger charge is -2.62. The first-order valence-electron chi connectivity index (χ1n) is 8.96. The Morgan fingerprint density at radius 3 is 2.74 bits per heavy atom. The van der Waals surface area contributed by atoms with Gasteiger partial charge in [-0.05, 0) is 68.8 Å². The van der Waals surface area contributed by atoms with Crippen molar-refractivity contribution in [3.05, 3.63) is 23.9 Å². The lowest BCUT2D eigenvalue weighted by Crippen LogP contribution is -2.61. The van der Waals surface area contributed by atoms with E-state index in [2.05, 4.69) is 23.3 Å². The standard InChI is InChI=1S/C19H28N2O2/c1-13(21-11-16-4-3-5-20-17(16)23-2)18-7-14-6-15(8-18)10-19(22,9-14)12-18/h3-5,13-15,21-22H,6-12H2,1-2H3. The molecule has 4 fully saturated rings. The maximum atomic E-state index is 10.9. The van der Waals surface area contributed by atoms with Crippen molar-refractivity contribution in [2.24, 2.45) is 17.3 Å². The van der Waals surface area contributed by atoms with Crippen LogP contribution in [0.1, 0.15) is 51.0 Å². The van der Waals surface area contributed by atoms with Crippen LogP contribution in [-0.4, -0.2) is 28.8 Å². The van der Waals surface area contributed by atoms with Crippen LogP contribution in [0.15, 0.2) is 18.3 Å². The average Bonchev–Trinajstić information content (AvgIpc) is 2.50. The molecule has 4 heteroatoms. The Morgan fingerprint density at radius 1 is 1.35 bits per heavy atom. The Hall–Kier alpha value is -1.13. The van der Waals surface area contributed by atoms with Crippen LogP contribution in [0.5, 0.6) is 5.88 Å². The van der Waals surface area contributed by atoms with E-state index < -0.39 is 0 Å². The number of hydrogen-bond acceptors (Lipinski definition) is 4. The second-order valence-electron chi connectivity index (χ2n) is 8.32. The van der Waals surface area contributed by atoms with Crippen LogP contribution in [0.3, 0.4) is 0 Å². The molecule has 0 aromatic carbocycles. The van der Waals surface area contributed by atoms with Gasteiger partial charge in [-0.15, -0.1) is 0 Å². The third kappa shape index (κ3) is 2.66. The van der Waals surface area contributed by atoms with Crippen molar-refractivity contribution in [2.45, 2.75) is 63.6 Å². The van der Waals surface area contributed by atoms with Gasteiger partial charge >= 0.3 is 0 Å². The van der Waals surface area contributed by atoms with Gasteiger partial charge in [0.25, 0.3) is 0 Å². The molecule has 0 spiro atoms. The fourth-order valence-electron chi connectivity index (χ4n) is 6.01. The number of methoxy groups -OCH3 is 1. The van der Waals surface area contributed by atoms with Crippen LogP contribution >= 0.6 is 0 Å². The highest BCUT2D eigenvalue weighted by molar-refractivity contribution is 5.25. The first kappa shape index (κ1) is 15.4. The van der Waals surface area contributed by atoms with Crippen LogP contribution in [0.2, 0.25) is 0 Å². The summed E-state index contributed by atoms with van der Waals surface area (Å²) in [6.45, 7) is 3.08. The molecule has 3 unspecified atom stereocenters. The number of hydrogen-bond donors (Lipinski definition) is 2. The van der Waals surface area contributed by atoms with E-state index in [0.29, 0.717) is 11.9 Å². The summed E-state index contributed by atoms with van der Waals surface area (Å²) >= 11 is 0.